The van der Waals surface area contributed by atoms with Gasteiger partial charge >= 0.3 is 12.4 Å². The van der Waals surface area contributed by atoms with Gasteiger partial charge in [0.2, 0.25) is 11.9 Å². The van der Waals surface area contributed by atoms with E-state index in [1.807, 2.05) is 0 Å². The van der Waals surface area contributed by atoms with E-state index in [1.54, 1.807) is 36.1 Å². The van der Waals surface area contributed by atoms with Crippen LogP contribution in [0.4, 0.5) is 38.0 Å². The number of carbonyl (C=O) groups is 2. The summed E-state index contributed by atoms with van der Waals surface area (Å²) < 4.78 is 91.2. The maximum Gasteiger partial charge on any atom is 0.423 e. The van der Waals surface area contributed by atoms with Crippen LogP contribution in [0.5, 0.6) is 5.75 Å². The Balaban J connectivity index is 1.23. The number of anilines is 2. The highest BCUT2D eigenvalue weighted by atomic mass is 19.4. The third kappa shape index (κ3) is 9.80. The lowest BCUT2D eigenvalue weighted by Crippen LogP contribution is -2.50. The Bertz CT molecular complexity index is 1650. The molecule has 2 aromatic heterocycles. The summed E-state index contributed by atoms with van der Waals surface area (Å²) in [6, 6.07) is 5.33. The molecule has 2 amide bonds. The second-order valence-corrected chi connectivity index (χ2v) is 11.4. The number of rotatable bonds is 11. The highest BCUT2D eigenvalue weighted by Gasteiger charge is 2.39. The first-order valence-corrected chi connectivity index (χ1v) is 15.0. The number of nitrogens with one attached hydrogen (secondary N) is 3. The molecule has 0 bridgehead atoms. The van der Waals surface area contributed by atoms with Crippen molar-refractivity contribution in [3.05, 3.63) is 69.9 Å². The summed E-state index contributed by atoms with van der Waals surface area (Å²) in [4.78, 5) is 47.0. The number of piperidine rings is 1. The van der Waals surface area contributed by atoms with Gasteiger partial charge < -0.3 is 19.7 Å². The Hall–Kier alpha value is -4.94. The molecule has 0 spiro atoms. The molecule has 1 aliphatic heterocycles. The normalized spacial score (nSPS) is 17.3. The fraction of sp³-hybridized carbons (Fsp3) is 0.467. The van der Waals surface area contributed by atoms with Crippen LogP contribution in [0.15, 0.2) is 47.7 Å². The quantitative estimate of drug-likeness (QED) is 0.201. The Morgan fingerprint density at radius 1 is 1.02 bits per heavy atom. The van der Waals surface area contributed by atoms with E-state index in [9.17, 15) is 40.7 Å². The van der Waals surface area contributed by atoms with Crippen LogP contribution in [0, 0.1) is 5.92 Å². The fourth-order valence-electron chi connectivity index (χ4n) is 5.12. The van der Waals surface area contributed by atoms with Gasteiger partial charge in [-0.1, -0.05) is 12.1 Å². The lowest BCUT2D eigenvalue weighted by Gasteiger charge is -2.37. The topological polar surface area (TPSA) is 153 Å². The molecule has 1 fully saturated rings. The van der Waals surface area contributed by atoms with Crippen molar-refractivity contribution < 1.29 is 45.4 Å². The van der Waals surface area contributed by atoms with Crippen molar-refractivity contribution in [2.45, 2.75) is 57.7 Å². The molecule has 0 radical (unpaired) electrons. The minimum atomic E-state index is -4.99. The largest absolute Gasteiger partial charge is 0.497 e. The summed E-state index contributed by atoms with van der Waals surface area (Å²) in [6.45, 7) is 2.55. The van der Waals surface area contributed by atoms with Crippen LogP contribution in [0.3, 0.4) is 0 Å². The second kappa shape index (κ2) is 15.5. The number of nitrogens with zero attached hydrogens (tertiary/aromatic N) is 5. The molecule has 3 unspecified atom stereocenters. The van der Waals surface area contributed by atoms with Crippen LogP contribution in [-0.2, 0) is 33.2 Å². The van der Waals surface area contributed by atoms with E-state index in [2.05, 4.69) is 31.2 Å². The SMILES string of the molecule is COc1ccc(Cn2ncc(NC(C)COCC(=O)NNC(=O)C3CCN(c4ncc(C(F)(F)F)cn4)C(C)C3)c(C(F)(F)F)c2=O)cc1. The highest BCUT2D eigenvalue weighted by Crippen LogP contribution is 2.32. The summed E-state index contributed by atoms with van der Waals surface area (Å²) in [5, 5.41) is 6.44. The molecule has 19 heteroatoms. The van der Waals surface area contributed by atoms with Gasteiger partial charge in [-0.2, -0.15) is 31.4 Å². The number of aromatic nitrogens is 4. The maximum absolute atomic E-state index is 13.9. The van der Waals surface area contributed by atoms with Crippen molar-refractivity contribution in [2.24, 2.45) is 5.92 Å². The van der Waals surface area contributed by atoms with Crippen molar-refractivity contribution in [3.8, 4) is 5.75 Å². The zero-order valence-electron chi connectivity index (χ0n) is 26.6. The average Bonchev–Trinajstić information content (AvgIpc) is 3.04. The van der Waals surface area contributed by atoms with E-state index >= 15 is 0 Å². The number of halogens is 6. The Morgan fingerprint density at radius 2 is 1.69 bits per heavy atom. The van der Waals surface area contributed by atoms with E-state index in [0.717, 1.165) is 6.20 Å². The molecule has 0 saturated carbocycles. The van der Waals surface area contributed by atoms with E-state index in [1.165, 1.54) is 14.0 Å². The number of benzene rings is 1. The van der Waals surface area contributed by atoms with Gasteiger partial charge in [-0.05, 0) is 44.4 Å². The van der Waals surface area contributed by atoms with Gasteiger partial charge in [0.15, 0.2) is 0 Å². The van der Waals surface area contributed by atoms with Crippen LogP contribution in [0.1, 0.15) is 43.4 Å². The van der Waals surface area contributed by atoms with E-state index in [0.29, 0.717) is 41.2 Å². The lowest BCUT2D eigenvalue weighted by atomic mass is 9.91. The van der Waals surface area contributed by atoms with E-state index < -0.39 is 65.1 Å². The Kier molecular flexibility index (Phi) is 11.7. The van der Waals surface area contributed by atoms with Crippen LogP contribution < -0.4 is 31.4 Å². The molecule has 3 N–H and O–H groups in total. The van der Waals surface area contributed by atoms with Crippen LogP contribution in [0.25, 0.3) is 0 Å². The molecular formula is C30H34F6N8O5. The third-order valence-corrected chi connectivity index (χ3v) is 7.62. The number of hydrogen-bond acceptors (Lipinski definition) is 10. The summed E-state index contributed by atoms with van der Waals surface area (Å²) in [5.74, 6) is -1.10. The molecule has 3 aromatic rings. The van der Waals surface area contributed by atoms with Gasteiger partial charge in [0.05, 0.1) is 37.7 Å². The average molecular weight is 701 g/mol. The van der Waals surface area contributed by atoms with E-state index in [-0.39, 0.29) is 31.7 Å². The summed E-state index contributed by atoms with van der Waals surface area (Å²) in [5.41, 5.74) is 0.745. The molecule has 3 heterocycles. The first-order valence-electron chi connectivity index (χ1n) is 15.0. The minimum absolute atomic E-state index is 0.105. The highest BCUT2D eigenvalue weighted by molar-refractivity contribution is 5.84. The third-order valence-electron chi connectivity index (χ3n) is 7.62. The number of ether oxygens (including phenoxy) is 2. The van der Waals surface area contributed by atoms with Crippen LogP contribution in [-0.4, -0.2) is 70.5 Å². The van der Waals surface area contributed by atoms with Crippen molar-refractivity contribution in [3.63, 3.8) is 0 Å². The minimum Gasteiger partial charge on any atom is -0.497 e. The van der Waals surface area contributed by atoms with Gasteiger partial charge in [0, 0.05) is 36.9 Å². The molecule has 4 rings (SSSR count). The molecular weight excluding hydrogens is 666 g/mol. The van der Waals surface area contributed by atoms with Crippen molar-refractivity contribution in [1.29, 1.82) is 0 Å². The van der Waals surface area contributed by atoms with Gasteiger partial charge in [-0.3, -0.25) is 25.2 Å². The maximum atomic E-state index is 13.9. The summed E-state index contributed by atoms with van der Waals surface area (Å²) in [6.07, 6.45) is -6.63. The standard InChI is InChI=1S/C30H34F6N8O5/c1-17(40-23-13-39-44(27(47)25(23)30(34,35)36)14-19-4-6-22(48-3)7-5-19)15-49-16-24(45)41-42-26(46)20-8-9-43(18(2)10-20)28-37-11-21(12-38-28)29(31,32)33/h4-7,11-13,17-18,20,40H,8-10,14-16H2,1-3H3,(H,41,45)(H,42,46). The van der Waals surface area contributed by atoms with Crippen LogP contribution in [0.2, 0.25) is 0 Å². The van der Waals surface area contributed by atoms with Crippen molar-refractivity contribution in [1.82, 2.24) is 30.6 Å². The zero-order chi connectivity index (χ0) is 35.9. The fourth-order valence-corrected chi connectivity index (χ4v) is 5.12. The molecule has 1 saturated heterocycles. The monoisotopic (exact) mass is 700 g/mol. The molecule has 13 nitrogen and oxygen atoms in total. The molecule has 1 aliphatic rings. The van der Waals surface area contributed by atoms with Gasteiger partial charge in [-0.15, -0.1) is 0 Å². The molecule has 3 atom stereocenters. The van der Waals surface area contributed by atoms with Crippen molar-refractivity contribution in [2.75, 3.05) is 37.1 Å². The zero-order valence-corrected chi connectivity index (χ0v) is 26.6. The first-order chi connectivity index (χ1) is 23.1. The second-order valence-electron chi connectivity index (χ2n) is 11.4. The summed E-state index contributed by atoms with van der Waals surface area (Å²) >= 11 is 0. The molecule has 1 aromatic carbocycles. The number of hydrogen-bond donors (Lipinski definition) is 3. The van der Waals surface area contributed by atoms with E-state index in [4.69, 9.17) is 9.47 Å². The number of carbonyl (C=O) groups excluding carboxylic acids is 2. The lowest BCUT2D eigenvalue weighted by molar-refractivity contribution is -0.139. The number of amides is 2. The van der Waals surface area contributed by atoms with Gasteiger partial charge in [0.25, 0.3) is 11.5 Å². The van der Waals surface area contributed by atoms with Gasteiger partial charge in [0.1, 0.15) is 17.9 Å². The molecule has 49 heavy (non-hydrogen) atoms. The predicted octanol–water partition coefficient (Wildman–Crippen LogP) is 3.40. The predicted molar refractivity (Wildman–Crippen MR) is 162 cm³/mol. The molecule has 0 aliphatic carbocycles. The van der Waals surface area contributed by atoms with Crippen LogP contribution >= 0.6 is 0 Å². The smallest absolute Gasteiger partial charge is 0.423 e. The number of hydrazine groups is 1. The van der Waals surface area contributed by atoms with Gasteiger partial charge in [-0.25, -0.2) is 14.6 Å². The summed E-state index contributed by atoms with van der Waals surface area (Å²) in [7, 11) is 1.47. The molecule has 266 valence electrons. The Morgan fingerprint density at radius 3 is 2.29 bits per heavy atom. The Labute approximate surface area is 276 Å². The number of methoxy groups -OCH3 is 1. The number of alkyl halides is 6. The van der Waals surface area contributed by atoms with Crippen molar-refractivity contribution >= 4 is 23.5 Å². The first kappa shape index (κ1) is 36.9.